The maximum Gasteiger partial charge on any atom is 0.275 e. The third-order valence-electron chi connectivity index (χ3n) is 4.31. The van der Waals surface area contributed by atoms with Gasteiger partial charge in [0, 0.05) is 38.9 Å². The van der Waals surface area contributed by atoms with Crippen LogP contribution in [0.5, 0.6) is 0 Å². The topological polar surface area (TPSA) is 36.4 Å². The third-order valence-corrected chi connectivity index (χ3v) is 4.31. The molecule has 130 valence electrons. The van der Waals surface area contributed by atoms with Crippen molar-refractivity contribution in [3.63, 3.8) is 0 Å². The standard InChI is InChI=1S/C20H22FN3O/c1-16-14-18(21)19(22-15-16)20(25)24-12-10-23(11-13-24)9-5-8-17-6-3-2-4-7-17/h2-8,14-15H,9-13H2,1H3. The zero-order valence-electron chi connectivity index (χ0n) is 14.4. The summed E-state index contributed by atoms with van der Waals surface area (Å²) in [6, 6.07) is 11.5. The monoisotopic (exact) mass is 339 g/mol. The summed E-state index contributed by atoms with van der Waals surface area (Å²) < 4.78 is 13.9. The zero-order chi connectivity index (χ0) is 17.6. The van der Waals surface area contributed by atoms with Gasteiger partial charge < -0.3 is 4.90 Å². The second-order valence-electron chi connectivity index (χ2n) is 6.25. The van der Waals surface area contributed by atoms with Crippen LogP contribution in [0, 0.1) is 12.7 Å². The van der Waals surface area contributed by atoms with E-state index in [2.05, 4.69) is 34.2 Å². The minimum atomic E-state index is -0.543. The van der Waals surface area contributed by atoms with Gasteiger partial charge in [-0.3, -0.25) is 9.69 Å². The first-order valence-corrected chi connectivity index (χ1v) is 8.49. The molecule has 1 saturated heterocycles. The van der Waals surface area contributed by atoms with Crippen LogP contribution in [-0.2, 0) is 0 Å². The minimum absolute atomic E-state index is 0.0805. The van der Waals surface area contributed by atoms with Crippen LogP contribution in [0.25, 0.3) is 6.08 Å². The van der Waals surface area contributed by atoms with Crippen molar-refractivity contribution >= 4 is 12.0 Å². The van der Waals surface area contributed by atoms with Crippen LogP contribution in [-0.4, -0.2) is 53.4 Å². The van der Waals surface area contributed by atoms with Gasteiger partial charge in [0.1, 0.15) is 0 Å². The summed E-state index contributed by atoms with van der Waals surface area (Å²) in [4.78, 5) is 20.4. The Hall–Kier alpha value is -2.53. The Balaban J connectivity index is 1.51. The fourth-order valence-electron chi connectivity index (χ4n) is 2.88. The molecule has 1 aromatic heterocycles. The molecule has 5 heteroatoms. The van der Waals surface area contributed by atoms with Gasteiger partial charge in [0.2, 0.25) is 0 Å². The molecule has 3 rings (SSSR count). The van der Waals surface area contributed by atoms with Crippen LogP contribution in [0.2, 0.25) is 0 Å². The van der Waals surface area contributed by atoms with Crippen LogP contribution in [0.1, 0.15) is 21.6 Å². The fourth-order valence-corrected chi connectivity index (χ4v) is 2.88. The van der Waals surface area contributed by atoms with Crippen LogP contribution in [0.4, 0.5) is 4.39 Å². The highest BCUT2D eigenvalue weighted by molar-refractivity contribution is 5.92. The number of benzene rings is 1. The number of amides is 1. The minimum Gasteiger partial charge on any atom is -0.335 e. The molecule has 0 radical (unpaired) electrons. The molecular weight excluding hydrogens is 317 g/mol. The lowest BCUT2D eigenvalue weighted by atomic mass is 10.2. The first-order chi connectivity index (χ1) is 12.1. The molecule has 0 saturated carbocycles. The summed E-state index contributed by atoms with van der Waals surface area (Å²) in [6.07, 6.45) is 5.76. The van der Waals surface area contributed by atoms with Gasteiger partial charge >= 0.3 is 0 Å². The second-order valence-corrected chi connectivity index (χ2v) is 6.25. The van der Waals surface area contributed by atoms with Crippen LogP contribution < -0.4 is 0 Å². The fraction of sp³-hybridized carbons (Fsp3) is 0.300. The van der Waals surface area contributed by atoms with Crippen molar-refractivity contribution in [1.29, 1.82) is 0 Å². The molecule has 1 aliphatic rings. The van der Waals surface area contributed by atoms with E-state index in [0.29, 0.717) is 18.7 Å². The number of rotatable bonds is 4. The highest BCUT2D eigenvalue weighted by atomic mass is 19.1. The summed E-state index contributed by atoms with van der Waals surface area (Å²) in [5.41, 5.74) is 1.81. The predicted octanol–water partition coefficient (Wildman–Crippen LogP) is 3.00. The van der Waals surface area contributed by atoms with Crippen molar-refractivity contribution in [1.82, 2.24) is 14.8 Å². The van der Waals surface area contributed by atoms with E-state index >= 15 is 0 Å². The third kappa shape index (κ3) is 4.51. The van der Waals surface area contributed by atoms with Crippen molar-refractivity contribution in [2.75, 3.05) is 32.7 Å². The summed E-state index contributed by atoms with van der Waals surface area (Å²) in [7, 11) is 0. The van der Waals surface area contributed by atoms with Crippen molar-refractivity contribution in [2.24, 2.45) is 0 Å². The molecule has 0 atom stereocenters. The lowest BCUT2D eigenvalue weighted by Gasteiger charge is -2.34. The molecular formula is C20H22FN3O. The van der Waals surface area contributed by atoms with Crippen molar-refractivity contribution in [3.05, 3.63) is 71.3 Å². The van der Waals surface area contributed by atoms with Gasteiger partial charge in [0.15, 0.2) is 11.5 Å². The quantitative estimate of drug-likeness (QED) is 0.859. The number of aromatic nitrogens is 1. The Morgan fingerprint density at radius 2 is 1.92 bits per heavy atom. The Morgan fingerprint density at radius 3 is 2.60 bits per heavy atom. The molecule has 2 heterocycles. The van der Waals surface area contributed by atoms with E-state index in [-0.39, 0.29) is 11.6 Å². The molecule has 0 spiro atoms. The van der Waals surface area contributed by atoms with E-state index in [0.717, 1.165) is 19.6 Å². The van der Waals surface area contributed by atoms with Gasteiger partial charge in [-0.2, -0.15) is 0 Å². The average Bonchev–Trinajstić information content (AvgIpc) is 2.63. The average molecular weight is 339 g/mol. The SMILES string of the molecule is Cc1cnc(C(=O)N2CCN(CC=Cc3ccccc3)CC2)c(F)c1. The number of piperazine rings is 1. The van der Waals surface area contributed by atoms with Crippen LogP contribution >= 0.6 is 0 Å². The van der Waals surface area contributed by atoms with Gasteiger partial charge in [0.05, 0.1) is 0 Å². The zero-order valence-corrected chi connectivity index (χ0v) is 14.4. The van der Waals surface area contributed by atoms with Gasteiger partial charge in [0.25, 0.3) is 5.91 Å². The number of pyridine rings is 1. The molecule has 1 fully saturated rings. The van der Waals surface area contributed by atoms with Crippen LogP contribution in [0.3, 0.4) is 0 Å². The lowest BCUT2D eigenvalue weighted by molar-refractivity contribution is 0.0639. The number of hydrogen-bond acceptors (Lipinski definition) is 3. The van der Waals surface area contributed by atoms with E-state index in [1.807, 2.05) is 18.2 Å². The highest BCUT2D eigenvalue weighted by Crippen LogP contribution is 2.12. The van der Waals surface area contributed by atoms with Gasteiger partial charge in [-0.1, -0.05) is 42.5 Å². The summed E-state index contributed by atoms with van der Waals surface area (Å²) >= 11 is 0. The Morgan fingerprint density at radius 1 is 1.20 bits per heavy atom. The van der Waals surface area contributed by atoms with Crippen LogP contribution in [0.15, 0.2) is 48.7 Å². The number of carbonyl (C=O) groups is 1. The van der Waals surface area contributed by atoms with Gasteiger partial charge in [-0.25, -0.2) is 9.37 Å². The molecule has 0 bridgehead atoms. The maximum atomic E-state index is 13.9. The lowest BCUT2D eigenvalue weighted by Crippen LogP contribution is -2.49. The van der Waals surface area contributed by atoms with Crippen molar-refractivity contribution in [2.45, 2.75) is 6.92 Å². The second kappa shape index (κ2) is 8.03. The Labute approximate surface area is 147 Å². The van der Waals surface area contributed by atoms with E-state index < -0.39 is 5.82 Å². The normalized spacial score (nSPS) is 15.7. The van der Waals surface area contributed by atoms with Crippen molar-refractivity contribution in [3.8, 4) is 0 Å². The molecule has 2 aromatic rings. The number of carbonyl (C=O) groups excluding carboxylic acids is 1. The molecule has 1 aliphatic heterocycles. The number of aryl methyl sites for hydroxylation is 1. The number of hydrogen-bond donors (Lipinski definition) is 0. The Bertz CT molecular complexity index is 753. The molecule has 25 heavy (non-hydrogen) atoms. The first-order valence-electron chi connectivity index (χ1n) is 8.49. The summed E-state index contributed by atoms with van der Waals surface area (Å²) in [5, 5.41) is 0. The number of halogens is 1. The van der Waals surface area contributed by atoms with E-state index in [1.54, 1.807) is 11.8 Å². The summed E-state index contributed by atoms with van der Waals surface area (Å²) in [6.45, 7) is 5.33. The predicted molar refractivity (Wildman–Crippen MR) is 96.8 cm³/mol. The molecule has 0 N–H and O–H groups in total. The molecule has 4 nitrogen and oxygen atoms in total. The first kappa shape index (κ1) is 17.3. The molecule has 1 aromatic carbocycles. The Kier molecular flexibility index (Phi) is 5.56. The smallest absolute Gasteiger partial charge is 0.275 e. The highest BCUT2D eigenvalue weighted by Gasteiger charge is 2.24. The van der Waals surface area contributed by atoms with Gasteiger partial charge in [-0.15, -0.1) is 0 Å². The number of nitrogens with zero attached hydrogens (tertiary/aromatic N) is 3. The molecule has 0 aliphatic carbocycles. The molecule has 0 unspecified atom stereocenters. The van der Waals surface area contributed by atoms with E-state index in [4.69, 9.17) is 0 Å². The van der Waals surface area contributed by atoms with E-state index in [9.17, 15) is 9.18 Å². The maximum absolute atomic E-state index is 13.9. The van der Waals surface area contributed by atoms with E-state index in [1.165, 1.54) is 17.8 Å². The van der Waals surface area contributed by atoms with Crippen molar-refractivity contribution < 1.29 is 9.18 Å². The largest absolute Gasteiger partial charge is 0.335 e. The summed E-state index contributed by atoms with van der Waals surface area (Å²) in [5.74, 6) is -0.866. The van der Waals surface area contributed by atoms with Gasteiger partial charge in [-0.05, 0) is 24.1 Å². The molecule has 1 amide bonds.